The first-order chi connectivity index (χ1) is 12.1. The number of aliphatic hydroxyl groups excluding tert-OH is 1. The fourth-order valence-corrected chi connectivity index (χ4v) is 3.35. The summed E-state index contributed by atoms with van der Waals surface area (Å²) < 4.78 is 0. The molecule has 2 N–H and O–H groups in total. The van der Waals surface area contributed by atoms with E-state index in [2.05, 4.69) is 5.32 Å². The summed E-state index contributed by atoms with van der Waals surface area (Å²) in [4.78, 5) is 26.8. The van der Waals surface area contributed by atoms with Gasteiger partial charge < -0.3 is 10.4 Å². The average Bonchev–Trinajstić information content (AvgIpc) is 2.88. The van der Waals surface area contributed by atoms with Gasteiger partial charge in [0.2, 0.25) is 0 Å². The number of carbonyl (C=O) groups excluding carboxylic acids is 2. The molecule has 1 aliphatic rings. The molecule has 0 unspecified atom stereocenters. The second-order valence-corrected chi connectivity index (χ2v) is 6.29. The zero-order valence-corrected chi connectivity index (χ0v) is 14.2. The van der Waals surface area contributed by atoms with Crippen LogP contribution in [-0.4, -0.2) is 28.5 Å². The van der Waals surface area contributed by atoms with E-state index in [9.17, 15) is 14.7 Å². The van der Waals surface area contributed by atoms with E-state index < -0.39 is 17.7 Å². The number of hydrogen-bond acceptors (Lipinski definition) is 3. The van der Waals surface area contributed by atoms with Gasteiger partial charge in [0.1, 0.15) is 5.54 Å². The highest BCUT2D eigenvalue weighted by Crippen LogP contribution is 2.34. The molecular weight excluding hydrogens is 316 g/mol. The minimum atomic E-state index is -1.05. The van der Waals surface area contributed by atoms with E-state index in [0.29, 0.717) is 12.0 Å². The molecule has 3 rings (SSSR count). The average molecular weight is 338 g/mol. The molecule has 0 saturated carbocycles. The van der Waals surface area contributed by atoms with Gasteiger partial charge in [-0.2, -0.15) is 0 Å². The van der Waals surface area contributed by atoms with Crippen LogP contribution in [0.15, 0.2) is 60.7 Å². The van der Waals surface area contributed by atoms with Gasteiger partial charge in [-0.25, -0.2) is 4.79 Å². The highest BCUT2D eigenvalue weighted by Gasteiger charge is 2.51. The molecule has 1 fully saturated rings. The SMILES string of the molecule is CCC[C@]1(c2ccccc2)NC(=O)N(C[C@@H](O)c2ccccc2)C1=O. The number of β-amino-alcohol motifs (C(OH)–C–C–N with tert-alkyl or cyclic N) is 1. The molecule has 1 saturated heterocycles. The first-order valence-electron chi connectivity index (χ1n) is 8.51. The maximum Gasteiger partial charge on any atom is 0.325 e. The predicted octanol–water partition coefficient (Wildman–Crippen LogP) is 2.97. The fourth-order valence-electron chi connectivity index (χ4n) is 3.35. The number of carbonyl (C=O) groups is 2. The molecule has 25 heavy (non-hydrogen) atoms. The summed E-state index contributed by atoms with van der Waals surface area (Å²) in [5, 5.41) is 13.3. The van der Waals surface area contributed by atoms with Gasteiger partial charge in [-0.15, -0.1) is 0 Å². The van der Waals surface area contributed by atoms with Crippen LogP contribution < -0.4 is 5.32 Å². The third kappa shape index (κ3) is 3.15. The summed E-state index contributed by atoms with van der Waals surface area (Å²) in [6, 6.07) is 17.9. The molecular formula is C20H22N2O3. The number of rotatable bonds is 6. The number of nitrogens with zero attached hydrogens (tertiary/aromatic N) is 1. The first kappa shape index (κ1) is 17.2. The van der Waals surface area contributed by atoms with Crippen molar-refractivity contribution in [3.8, 4) is 0 Å². The molecule has 2 atom stereocenters. The molecule has 0 spiro atoms. The van der Waals surface area contributed by atoms with Crippen LogP contribution in [0.3, 0.4) is 0 Å². The summed E-state index contributed by atoms with van der Waals surface area (Å²) in [6.07, 6.45) is 0.347. The highest BCUT2D eigenvalue weighted by molar-refractivity contribution is 6.07. The normalized spacial score (nSPS) is 21.3. The lowest BCUT2D eigenvalue weighted by atomic mass is 9.85. The molecule has 5 heteroatoms. The van der Waals surface area contributed by atoms with Gasteiger partial charge in [-0.1, -0.05) is 74.0 Å². The van der Waals surface area contributed by atoms with Crippen LogP contribution in [0.4, 0.5) is 4.79 Å². The van der Waals surface area contributed by atoms with Gasteiger partial charge in [0, 0.05) is 0 Å². The van der Waals surface area contributed by atoms with E-state index in [4.69, 9.17) is 0 Å². The van der Waals surface area contributed by atoms with Gasteiger partial charge in [-0.3, -0.25) is 9.69 Å². The molecule has 130 valence electrons. The third-order valence-corrected chi connectivity index (χ3v) is 4.61. The summed E-state index contributed by atoms with van der Waals surface area (Å²) in [6.45, 7) is 1.92. The number of nitrogens with one attached hydrogen (secondary N) is 1. The van der Waals surface area contributed by atoms with Crippen LogP contribution in [0.1, 0.15) is 37.0 Å². The summed E-state index contributed by atoms with van der Waals surface area (Å²) >= 11 is 0. The number of imide groups is 1. The van der Waals surface area contributed by atoms with Gasteiger partial charge in [0.25, 0.3) is 5.91 Å². The van der Waals surface area contributed by atoms with Gasteiger partial charge in [-0.05, 0) is 17.5 Å². The fraction of sp³-hybridized carbons (Fsp3) is 0.300. The Labute approximate surface area is 147 Å². The van der Waals surface area contributed by atoms with Crippen LogP contribution in [-0.2, 0) is 10.3 Å². The molecule has 3 amide bonds. The van der Waals surface area contributed by atoms with Crippen LogP contribution in [0.5, 0.6) is 0 Å². The maximum absolute atomic E-state index is 13.1. The molecule has 5 nitrogen and oxygen atoms in total. The summed E-state index contributed by atoms with van der Waals surface area (Å²) in [5.74, 6) is -0.305. The Kier molecular flexibility index (Phi) is 4.86. The van der Waals surface area contributed by atoms with Crippen molar-refractivity contribution in [2.75, 3.05) is 6.54 Å². The van der Waals surface area contributed by atoms with Gasteiger partial charge in [0.15, 0.2) is 0 Å². The number of aliphatic hydroxyl groups is 1. The quantitative estimate of drug-likeness (QED) is 0.796. The Morgan fingerprint density at radius 3 is 2.24 bits per heavy atom. The monoisotopic (exact) mass is 338 g/mol. The maximum atomic E-state index is 13.1. The van der Waals surface area contributed by atoms with E-state index in [1.165, 1.54) is 0 Å². The first-order valence-corrected chi connectivity index (χ1v) is 8.51. The Morgan fingerprint density at radius 2 is 1.64 bits per heavy atom. The number of urea groups is 1. The molecule has 2 aromatic rings. The van der Waals surface area contributed by atoms with E-state index in [1.807, 2.05) is 55.5 Å². The standard InChI is InChI=1S/C20H22N2O3/c1-2-13-20(16-11-7-4-8-12-16)18(24)22(19(25)21-20)14-17(23)15-9-5-3-6-10-15/h3-12,17,23H,2,13-14H2,1H3,(H,21,25)/t17-,20-/m1/s1. The molecule has 0 aromatic heterocycles. The van der Waals surface area contributed by atoms with E-state index >= 15 is 0 Å². The van der Waals surface area contributed by atoms with E-state index in [1.54, 1.807) is 12.1 Å². The Balaban J connectivity index is 1.88. The topological polar surface area (TPSA) is 69.6 Å². The van der Waals surface area contributed by atoms with Gasteiger partial charge in [0.05, 0.1) is 12.6 Å². The predicted molar refractivity (Wildman–Crippen MR) is 94.7 cm³/mol. The second-order valence-electron chi connectivity index (χ2n) is 6.29. The van der Waals surface area contributed by atoms with Crippen molar-refractivity contribution in [3.63, 3.8) is 0 Å². The highest BCUT2D eigenvalue weighted by atomic mass is 16.3. The smallest absolute Gasteiger partial charge is 0.325 e. The third-order valence-electron chi connectivity index (χ3n) is 4.61. The van der Waals surface area contributed by atoms with Crippen molar-refractivity contribution in [1.82, 2.24) is 10.2 Å². The van der Waals surface area contributed by atoms with Gasteiger partial charge >= 0.3 is 6.03 Å². The lowest BCUT2D eigenvalue weighted by Gasteiger charge is -2.27. The number of amides is 3. The van der Waals surface area contributed by atoms with Crippen molar-refractivity contribution < 1.29 is 14.7 Å². The second kappa shape index (κ2) is 7.07. The van der Waals surface area contributed by atoms with Crippen molar-refractivity contribution in [2.24, 2.45) is 0 Å². The molecule has 0 aliphatic carbocycles. The zero-order valence-electron chi connectivity index (χ0n) is 14.2. The van der Waals surface area contributed by atoms with Crippen LogP contribution in [0, 0.1) is 0 Å². The van der Waals surface area contributed by atoms with Crippen molar-refractivity contribution in [3.05, 3.63) is 71.8 Å². The molecule has 0 bridgehead atoms. The Morgan fingerprint density at radius 1 is 1.04 bits per heavy atom. The number of benzene rings is 2. The Bertz CT molecular complexity index is 748. The van der Waals surface area contributed by atoms with Crippen LogP contribution >= 0.6 is 0 Å². The lowest BCUT2D eigenvalue weighted by molar-refractivity contribution is -0.133. The minimum Gasteiger partial charge on any atom is -0.387 e. The van der Waals surface area contributed by atoms with Crippen LogP contribution in [0.2, 0.25) is 0 Å². The number of hydrogen-bond donors (Lipinski definition) is 2. The lowest BCUT2D eigenvalue weighted by Crippen LogP contribution is -2.44. The summed E-state index contributed by atoms with van der Waals surface area (Å²) in [5.41, 5.74) is 0.395. The van der Waals surface area contributed by atoms with E-state index in [0.717, 1.165) is 16.9 Å². The molecule has 1 heterocycles. The Hall–Kier alpha value is -2.66. The molecule has 0 radical (unpaired) electrons. The molecule has 2 aromatic carbocycles. The molecule has 1 aliphatic heterocycles. The van der Waals surface area contributed by atoms with E-state index in [-0.39, 0.29) is 12.5 Å². The van der Waals surface area contributed by atoms with Crippen molar-refractivity contribution in [1.29, 1.82) is 0 Å². The van der Waals surface area contributed by atoms with Crippen molar-refractivity contribution >= 4 is 11.9 Å². The largest absolute Gasteiger partial charge is 0.387 e. The van der Waals surface area contributed by atoms with Crippen LogP contribution in [0.25, 0.3) is 0 Å². The van der Waals surface area contributed by atoms with Crippen molar-refractivity contribution in [2.45, 2.75) is 31.4 Å². The minimum absolute atomic E-state index is 0.0625. The summed E-state index contributed by atoms with van der Waals surface area (Å²) in [7, 11) is 0. The zero-order chi connectivity index (χ0) is 17.9.